The van der Waals surface area contributed by atoms with Gasteiger partial charge in [-0.3, -0.25) is 4.79 Å². The maximum absolute atomic E-state index is 12.6. The molecule has 0 bridgehead atoms. The highest BCUT2D eigenvalue weighted by Crippen LogP contribution is 2.28. The molecule has 2 N–H and O–H groups in total. The van der Waals surface area contributed by atoms with Gasteiger partial charge in [0, 0.05) is 23.6 Å². The van der Waals surface area contributed by atoms with Gasteiger partial charge in [-0.1, -0.05) is 40.2 Å². The van der Waals surface area contributed by atoms with Crippen LogP contribution in [0.1, 0.15) is 24.0 Å². The summed E-state index contributed by atoms with van der Waals surface area (Å²) in [6.07, 6.45) is 3.14. The largest absolute Gasteiger partial charge is 0.366 e. The van der Waals surface area contributed by atoms with Crippen LogP contribution in [-0.4, -0.2) is 31.7 Å². The van der Waals surface area contributed by atoms with E-state index in [1.54, 1.807) is 24.3 Å². The topological polar surface area (TPSA) is 80.5 Å². The molecule has 136 valence electrons. The molecule has 1 aliphatic rings. The van der Waals surface area contributed by atoms with E-state index >= 15 is 0 Å². The van der Waals surface area contributed by atoms with Crippen LogP contribution in [0.2, 0.25) is 0 Å². The van der Waals surface area contributed by atoms with Crippen LogP contribution in [0.3, 0.4) is 0 Å². The minimum Gasteiger partial charge on any atom is -0.366 e. The van der Waals surface area contributed by atoms with Gasteiger partial charge < -0.3 is 5.73 Å². The van der Waals surface area contributed by atoms with E-state index in [-0.39, 0.29) is 4.90 Å². The van der Waals surface area contributed by atoms with Crippen molar-refractivity contribution in [1.29, 1.82) is 0 Å². The monoisotopic (exact) mass is 434 g/mol. The van der Waals surface area contributed by atoms with E-state index in [0.717, 1.165) is 28.4 Å². The number of hydrogen-bond acceptors (Lipinski definition) is 3. The normalized spacial score (nSPS) is 16.0. The number of rotatable bonds is 5. The lowest BCUT2D eigenvalue weighted by Gasteiger charge is -2.16. The van der Waals surface area contributed by atoms with Crippen molar-refractivity contribution in [3.63, 3.8) is 0 Å². The number of sulfonamides is 1. The fourth-order valence-electron chi connectivity index (χ4n) is 3.02. The third kappa shape index (κ3) is 4.06. The Bertz CT molecular complexity index is 947. The van der Waals surface area contributed by atoms with Gasteiger partial charge in [0.05, 0.1) is 4.90 Å². The molecule has 1 saturated heterocycles. The number of nitrogens with zero attached hydrogens (tertiary/aromatic N) is 1. The van der Waals surface area contributed by atoms with Crippen molar-refractivity contribution >= 4 is 37.4 Å². The zero-order valence-electron chi connectivity index (χ0n) is 14.1. The van der Waals surface area contributed by atoms with Crippen LogP contribution in [-0.2, 0) is 14.8 Å². The van der Waals surface area contributed by atoms with Crippen molar-refractivity contribution in [3.05, 3.63) is 70.2 Å². The van der Waals surface area contributed by atoms with Crippen LogP contribution in [0.25, 0.3) is 5.57 Å². The van der Waals surface area contributed by atoms with Crippen LogP contribution >= 0.6 is 15.9 Å². The Labute approximate surface area is 161 Å². The molecule has 0 atom stereocenters. The van der Waals surface area contributed by atoms with Gasteiger partial charge in [-0.15, -0.1) is 0 Å². The Morgan fingerprint density at radius 2 is 1.69 bits per heavy atom. The van der Waals surface area contributed by atoms with Crippen molar-refractivity contribution in [2.24, 2.45) is 5.73 Å². The molecule has 5 nitrogen and oxygen atoms in total. The van der Waals surface area contributed by atoms with E-state index in [2.05, 4.69) is 15.9 Å². The highest BCUT2D eigenvalue weighted by atomic mass is 79.9. The SMILES string of the molecule is NC(=O)C=C(c1ccc(S(=O)(=O)N2CCCC2)cc1)c1cccc(Br)c1. The number of amides is 1. The van der Waals surface area contributed by atoms with Gasteiger partial charge in [-0.05, 0) is 53.8 Å². The molecule has 0 radical (unpaired) electrons. The molecule has 3 rings (SSSR count). The maximum Gasteiger partial charge on any atom is 0.243 e. The predicted molar refractivity (Wildman–Crippen MR) is 105 cm³/mol. The summed E-state index contributed by atoms with van der Waals surface area (Å²) in [6.45, 7) is 1.13. The maximum atomic E-state index is 12.6. The first-order valence-electron chi connectivity index (χ1n) is 8.25. The second kappa shape index (κ2) is 7.73. The van der Waals surface area contributed by atoms with Crippen molar-refractivity contribution < 1.29 is 13.2 Å². The Balaban J connectivity index is 1.98. The van der Waals surface area contributed by atoms with Crippen molar-refractivity contribution in [1.82, 2.24) is 4.31 Å². The third-order valence-corrected chi connectivity index (χ3v) is 6.70. The second-order valence-electron chi connectivity index (χ2n) is 6.11. The van der Waals surface area contributed by atoms with E-state index in [9.17, 15) is 13.2 Å². The molecule has 1 fully saturated rings. The molecular weight excluding hydrogens is 416 g/mol. The lowest BCUT2D eigenvalue weighted by molar-refractivity contribution is -0.113. The van der Waals surface area contributed by atoms with Gasteiger partial charge in [-0.25, -0.2) is 8.42 Å². The molecule has 1 aliphatic heterocycles. The van der Waals surface area contributed by atoms with Crippen molar-refractivity contribution in [2.45, 2.75) is 17.7 Å². The summed E-state index contributed by atoms with van der Waals surface area (Å²) in [7, 11) is -3.46. The van der Waals surface area contributed by atoms with Gasteiger partial charge >= 0.3 is 0 Å². The zero-order valence-corrected chi connectivity index (χ0v) is 16.5. The fourth-order valence-corrected chi connectivity index (χ4v) is 4.93. The molecule has 26 heavy (non-hydrogen) atoms. The molecule has 0 aromatic heterocycles. The summed E-state index contributed by atoms with van der Waals surface area (Å²) >= 11 is 3.42. The number of nitrogens with two attached hydrogens (primary N) is 1. The number of halogens is 1. The van der Waals surface area contributed by atoms with Gasteiger partial charge in [-0.2, -0.15) is 4.31 Å². The molecule has 0 saturated carbocycles. The Hall–Kier alpha value is -1.96. The summed E-state index contributed by atoms with van der Waals surface area (Å²) < 4.78 is 27.7. The minimum absolute atomic E-state index is 0.260. The van der Waals surface area contributed by atoms with Gasteiger partial charge in [0.2, 0.25) is 15.9 Å². The number of primary amides is 1. The molecule has 7 heteroatoms. The Kier molecular flexibility index (Phi) is 5.60. The molecule has 2 aromatic carbocycles. The lowest BCUT2D eigenvalue weighted by Crippen LogP contribution is -2.27. The van der Waals surface area contributed by atoms with Crippen molar-refractivity contribution in [3.8, 4) is 0 Å². The first kappa shape index (κ1) is 18.8. The van der Waals surface area contributed by atoms with E-state index < -0.39 is 15.9 Å². The molecule has 1 heterocycles. The highest BCUT2D eigenvalue weighted by molar-refractivity contribution is 9.10. The molecule has 0 aliphatic carbocycles. The van der Waals surface area contributed by atoms with E-state index in [1.807, 2.05) is 24.3 Å². The summed E-state index contributed by atoms with van der Waals surface area (Å²) in [6, 6.07) is 14.1. The van der Waals surface area contributed by atoms with E-state index in [4.69, 9.17) is 5.73 Å². The van der Waals surface area contributed by atoms with Gasteiger partial charge in [0.25, 0.3) is 0 Å². The van der Waals surface area contributed by atoms with Gasteiger partial charge in [0.1, 0.15) is 0 Å². The molecule has 1 amide bonds. The predicted octanol–water partition coefficient (Wildman–Crippen LogP) is 3.15. The fraction of sp³-hybridized carbons (Fsp3) is 0.211. The molecule has 0 spiro atoms. The number of carbonyl (C=O) groups is 1. The third-order valence-electron chi connectivity index (χ3n) is 4.29. The van der Waals surface area contributed by atoms with Crippen LogP contribution in [0.4, 0.5) is 0 Å². The standard InChI is InChI=1S/C19H19BrN2O3S/c20-16-5-3-4-15(12-16)18(13-19(21)23)14-6-8-17(9-7-14)26(24,25)22-10-1-2-11-22/h3-9,12-13H,1-2,10-11H2,(H2,21,23). The average Bonchev–Trinajstić information content (AvgIpc) is 3.15. The summed E-state index contributed by atoms with van der Waals surface area (Å²) in [4.78, 5) is 11.7. The van der Waals surface area contributed by atoms with Crippen LogP contribution in [0, 0.1) is 0 Å². The van der Waals surface area contributed by atoms with Crippen LogP contribution < -0.4 is 5.73 Å². The molecular formula is C19H19BrN2O3S. The van der Waals surface area contributed by atoms with Gasteiger partial charge in [0.15, 0.2) is 0 Å². The first-order valence-corrected chi connectivity index (χ1v) is 10.5. The molecule has 2 aromatic rings. The first-order chi connectivity index (χ1) is 12.4. The summed E-state index contributed by atoms with van der Waals surface area (Å²) in [5.74, 6) is -0.561. The zero-order chi connectivity index (χ0) is 18.7. The average molecular weight is 435 g/mol. The molecule has 0 unspecified atom stereocenters. The van der Waals surface area contributed by atoms with E-state index in [0.29, 0.717) is 18.7 Å². The second-order valence-corrected chi connectivity index (χ2v) is 8.96. The van der Waals surface area contributed by atoms with Crippen LogP contribution in [0.15, 0.2) is 64.0 Å². The summed E-state index contributed by atoms with van der Waals surface area (Å²) in [5.41, 5.74) is 7.54. The number of hydrogen-bond donors (Lipinski definition) is 1. The number of carbonyl (C=O) groups excluding carboxylic acids is 1. The number of benzene rings is 2. The van der Waals surface area contributed by atoms with Crippen LogP contribution in [0.5, 0.6) is 0 Å². The quantitative estimate of drug-likeness (QED) is 0.733. The Morgan fingerprint density at radius 1 is 1.04 bits per heavy atom. The van der Waals surface area contributed by atoms with Crippen molar-refractivity contribution in [2.75, 3.05) is 13.1 Å². The highest BCUT2D eigenvalue weighted by Gasteiger charge is 2.27. The lowest BCUT2D eigenvalue weighted by atomic mass is 9.97. The van der Waals surface area contributed by atoms with E-state index in [1.165, 1.54) is 10.4 Å². The smallest absolute Gasteiger partial charge is 0.243 e. The summed E-state index contributed by atoms with van der Waals surface area (Å²) in [5, 5.41) is 0. The minimum atomic E-state index is -3.46. The Morgan fingerprint density at radius 3 is 2.27 bits per heavy atom.